The summed E-state index contributed by atoms with van der Waals surface area (Å²) in [6, 6.07) is 14.4. The van der Waals surface area contributed by atoms with Crippen LogP contribution in [0.15, 0.2) is 36.4 Å². The first-order valence-electron chi connectivity index (χ1n) is 5.61. The van der Waals surface area contributed by atoms with Crippen LogP contribution in [0.4, 0.5) is 0 Å². The van der Waals surface area contributed by atoms with Crippen LogP contribution in [0.3, 0.4) is 0 Å². The van der Waals surface area contributed by atoms with Crippen molar-refractivity contribution in [3.8, 4) is 16.5 Å². The Morgan fingerprint density at radius 2 is 1.65 bits per heavy atom. The maximum Gasteiger partial charge on any atom is 0.0991 e. The molecule has 0 saturated carbocycles. The molecule has 1 aromatic heterocycles. The van der Waals surface area contributed by atoms with E-state index in [1.165, 1.54) is 14.9 Å². The number of thiophene rings is 1. The lowest BCUT2D eigenvalue weighted by molar-refractivity contribution is 1.49. The fourth-order valence-electron chi connectivity index (χ4n) is 1.61. The predicted molar refractivity (Wildman–Crippen MR) is 77.5 cm³/mol. The number of rotatable bonds is 2. The number of hydrogen-bond acceptors (Lipinski definition) is 2. The normalized spacial score (nSPS) is 11.2. The zero-order valence-electron chi connectivity index (χ0n) is 10.3. The van der Waals surface area contributed by atoms with Crippen molar-refractivity contribution < 1.29 is 0 Å². The second kappa shape index (κ2) is 4.48. The number of nitrogens with zero attached hydrogens (tertiary/aromatic N) is 1. The second-order valence-electron chi connectivity index (χ2n) is 5.10. The van der Waals surface area contributed by atoms with Gasteiger partial charge in [0.05, 0.1) is 19.7 Å². The van der Waals surface area contributed by atoms with Gasteiger partial charge < -0.3 is 0 Å². The summed E-state index contributed by atoms with van der Waals surface area (Å²) in [6.07, 6.45) is 0. The summed E-state index contributed by atoms with van der Waals surface area (Å²) in [5.74, 6) is 0. The molecular formula is C14H15NSSi. The van der Waals surface area contributed by atoms with Crippen molar-refractivity contribution in [1.82, 2.24) is 0 Å². The highest BCUT2D eigenvalue weighted by atomic mass is 32.1. The van der Waals surface area contributed by atoms with Gasteiger partial charge in [-0.2, -0.15) is 5.26 Å². The molecule has 86 valence electrons. The summed E-state index contributed by atoms with van der Waals surface area (Å²) in [5, 5.41) is 8.77. The maximum absolute atomic E-state index is 8.77. The lowest BCUT2D eigenvalue weighted by atomic mass is 10.1. The summed E-state index contributed by atoms with van der Waals surface area (Å²) < 4.78 is 1.52. The van der Waals surface area contributed by atoms with Crippen LogP contribution in [0, 0.1) is 11.3 Å². The summed E-state index contributed by atoms with van der Waals surface area (Å²) in [7, 11) is -1.20. The quantitative estimate of drug-likeness (QED) is 0.750. The molecule has 0 aliphatic heterocycles. The monoisotopic (exact) mass is 257 g/mol. The Morgan fingerprint density at radius 1 is 1.00 bits per heavy atom. The minimum Gasteiger partial charge on any atom is -0.192 e. The van der Waals surface area contributed by atoms with E-state index in [4.69, 9.17) is 5.26 Å². The lowest BCUT2D eigenvalue weighted by Gasteiger charge is -2.12. The molecule has 0 N–H and O–H groups in total. The summed E-state index contributed by atoms with van der Waals surface area (Å²) in [6.45, 7) is 7.09. The van der Waals surface area contributed by atoms with Crippen LogP contribution >= 0.6 is 11.3 Å². The standard InChI is InChI=1S/C14H15NSSi/c1-17(2,3)14-9-8-13(16-14)12-6-4-11(10-15)5-7-12/h4-9H,1-3H3. The minimum absolute atomic E-state index is 0.718. The van der Waals surface area contributed by atoms with E-state index in [0.717, 1.165) is 5.56 Å². The van der Waals surface area contributed by atoms with Gasteiger partial charge in [0.1, 0.15) is 0 Å². The van der Waals surface area contributed by atoms with Crippen LogP contribution < -0.4 is 4.50 Å². The zero-order valence-corrected chi connectivity index (χ0v) is 12.1. The molecule has 0 atom stereocenters. The first-order chi connectivity index (χ1) is 8.00. The van der Waals surface area contributed by atoms with E-state index < -0.39 is 8.07 Å². The Labute approximate surface area is 107 Å². The molecule has 17 heavy (non-hydrogen) atoms. The van der Waals surface area contributed by atoms with Gasteiger partial charge in [-0.1, -0.05) is 37.8 Å². The molecule has 3 heteroatoms. The largest absolute Gasteiger partial charge is 0.192 e. The Morgan fingerprint density at radius 3 is 2.12 bits per heavy atom. The maximum atomic E-state index is 8.77. The van der Waals surface area contributed by atoms with Crippen LogP contribution in [0.1, 0.15) is 5.56 Å². The molecule has 1 heterocycles. The third-order valence-corrected chi connectivity index (χ3v) is 7.38. The first kappa shape index (κ1) is 12.1. The van der Waals surface area contributed by atoms with Gasteiger partial charge in [-0.15, -0.1) is 11.3 Å². The van der Waals surface area contributed by atoms with Gasteiger partial charge >= 0.3 is 0 Å². The third-order valence-electron chi connectivity index (χ3n) is 2.64. The van der Waals surface area contributed by atoms with E-state index in [0.29, 0.717) is 0 Å². The van der Waals surface area contributed by atoms with Gasteiger partial charge in [-0.3, -0.25) is 0 Å². The van der Waals surface area contributed by atoms with Crippen LogP contribution in [0.5, 0.6) is 0 Å². The van der Waals surface area contributed by atoms with Crippen molar-refractivity contribution in [3.63, 3.8) is 0 Å². The second-order valence-corrected chi connectivity index (χ2v) is 11.6. The lowest BCUT2D eigenvalue weighted by Crippen LogP contribution is -2.34. The SMILES string of the molecule is C[Si](C)(C)c1ccc(-c2ccc(C#N)cc2)s1. The Kier molecular flexibility index (Phi) is 3.19. The van der Waals surface area contributed by atoms with E-state index in [1.807, 2.05) is 35.6 Å². The highest BCUT2D eigenvalue weighted by molar-refractivity contribution is 7.28. The average molecular weight is 257 g/mol. The van der Waals surface area contributed by atoms with Crippen LogP contribution in [-0.2, 0) is 0 Å². The molecule has 0 aliphatic carbocycles. The fraction of sp³-hybridized carbons (Fsp3) is 0.214. The molecule has 0 amide bonds. The van der Waals surface area contributed by atoms with E-state index in [-0.39, 0.29) is 0 Å². The van der Waals surface area contributed by atoms with Gasteiger partial charge in [0, 0.05) is 4.88 Å². The van der Waals surface area contributed by atoms with Crippen LogP contribution in [0.2, 0.25) is 19.6 Å². The summed E-state index contributed by atoms with van der Waals surface area (Å²) in [4.78, 5) is 1.30. The number of benzene rings is 1. The van der Waals surface area contributed by atoms with Crippen molar-refractivity contribution in [1.29, 1.82) is 5.26 Å². The molecular weight excluding hydrogens is 242 g/mol. The van der Waals surface area contributed by atoms with Crippen molar-refractivity contribution in [2.24, 2.45) is 0 Å². The molecule has 1 aromatic carbocycles. The van der Waals surface area contributed by atoms with Crippen LogP contribution in [-0.4, -0.2) is 8.07 Å². The minimum atomic E-state index is -1.20. The summed E-state index contributed by atoms with van der Waals surface area (Å²) in [5.41, 5.74) is 1.93. The molecule has 2 aromatic rings. The third kappa shape index (κ3) is 2.66. The molecule has 0 saturated heterocycles. The highest BCUT2D eigenvalue weighted by Crippen LogP contribution is 2.25. The van der Waals surface area contributed by atoms with E-state index >= 15 is 0 Å². The van der Waals surface area contributed by atoms with Crippen molar-refractivity contribution in [2.75, 3.05) is 0 Å². The number of nitriles is 1. The molecule has 0 aliphatic rings. The molecule has 0 spiro atoms. The van der Waals surface area contributed by atoms with Gasteiger partial charge in [0.25, 0.3) is 0 Å². The Balaban J connectivity index is 2.34. The van der Waals surface area contributed by atoms with E-state index in [1.54, 1.807) is 0 Å². The van der Waals surface area contributed by atoms with Crippen molar-refractivity contribution in [3.05, 3.63) is 42.0 Å². The molecule has 0 fully saturated rings. The molecule has 1 nitrogen and oxygen atoms in total. The molecule has 2 rings (SSSR count). The van der Waals surface area contributed by atoms with Gasteiger partial charge in [0.2, 0.25) is 0 Å². The fourth-order valence-corrected chi connectivity index (χ4v) is 4.51. The number of hydrogen-bond donors (Lipinski definition) is 0. The van der Waals surface area contributed by atoms with Crippen molar-refractivity contribution >= 4 is 23.9 Å². The Bertz CT molecular complexity index is 555. The Hall–Kier alpha value is -1.37. The van der Waals surface area contributed by atoms with Crippen LogP contribution in [0.25, 0.3) is 10.4 Å². The average Bonchev–Trinajstić information content (AvgIpc) is 2.78. The van der Waals surface area contributed by atoms with Crippen molar-refractivity contribution in [2.45, 2.75) is 19.6 Å². The molecule has 0 bridgehead atoms. The predicted octanol–water partition coefficient (Wildman–Crippen LogP) is 3.83. The van der Waals surface area contributed by atoms with Gasteiger partial charge in [-0.25, -0.2) is 0 Å². The molecule has 0 radical (unpaired) electrons. The van der Waals surface area contributed by atoms with E-state index in [9.17, 15) is 0 Å². The molecule has 0 unspecified atom stereocenters. The van der Waals surface area contributed by atoms with E-state index in [2.05, 4.69) is 37.8 Å². The highest BCUT2D eigenvalue weighted by Gasteiger charge is 2.18. The van der Waals surface area contributed by atoms with Gasteiger partial charge in [-0.05, 0) is 28.3 Å². The smallest absolute Gasteiger partial charge is 0.0991 e. The zero-order chi connectivity index (χ0) is 12.5. The first-order valence-corrected chi connectivity index (χ1v) is 9.93. The topological polar surface area (TPSA) is 23.8 Å². The summed E-state index contributed by atoms with van der Waals surface area (Å²) >= 11 is 1.89. The van der Waals surface area contributed by atoms with Gasteiger partial charge in [0.15, 0.2) is 0 Å².